The van der Waals surface area contributed by atoms with Crippen molar-refractivity contribution in [1.29, 1.82) is 5.26 Å². The Labute approximate surface area is 187 Å². The van der Waals surface area contributed by atoms with Crippen LogP contribution in [0.2, 0.25) is 5.02 Å². The monoisotopic (exact) mass is 439 g/mol. The molecule has 6 aliphatic rings. The average molecular weight is 440 g/mol. The number of carbonyl (C=O) groups is 2. The second-order valence-electron chi connectivity index (χ2n) is 9.52. The molecule has 1 aliphatic carbocycles. The predicted octanol–water partition coefficient (Wildman–Crippen LogP) is 4.69. The van der Waals surface area contributed by atoms with Crippen LogP contribution in [0.4, 0.5) is 4.79 Å². The maximum absolute atomic E-state index is 13.5. The van der Waals surface area contributed by atoms with Crippen molar-refractivity contribution in [2.45, 2.75) is 64.0 Å². The van der Waals surface area contributed by atoms with E-state index in [9.17, 15) is 14.9 Å². The summed E-state index contributed by atoms with van der Waals surface area (Å²) in [4.78, 5) is 27.6. The van der Waals surface area contributed by atoms with E-state index in [0.717, 1.165) is 40.1 Å². The summed E-state index contributed by atoms with van der Waals surface area (Å²) in [5.41, 5.74) is 2.83. The number of ether oxygens (including phenoxy) is 1. The lowest BCUT2D eigenvalue weighted by molar-refractivity contribution is -0.131. The van der Waals surface area contributed by atoms with Crippen LogP contribution in [0.25, 0.3) is 5.57 Å². The van der Waals surface area contributed by atoms with Gasteiger partial charge in [0.1, 0.15) is 11.6 Å². The fourth-order valence-electron chi connectivity index (χ4n) is 4.32. The summed E-state index contributed by atoms with van der Waals surface area (Å²) in [6.45, 7) is 7.33. The third kappa shape index (κ3) is 3.95. The molecule has 1 aromatic carbocycles. The van der Waals surface area contributed by atoms with E-state index in [1.54, 1.807) is 26.8 Å². The lowest BCUT2D eigenvalue weighted by Gasteiger charge is -2.31. The predicted molar refractivity (Wildman–Crippen MR) is 118 cm³/mol. The van der Waals surface area contributed by atoms with Gasteiger partial charge >= 0.3 is 6.09 Å². The zero-order valence-corrected chi connectivity index (χ0v) is 19.0. The standard InChI is InChI=1S/C24H26ClN3O3/c1-14-17-11-16(13-26)20(27-14)21(29)28(22(30)31-23(2,3)4)10-9-24(7-8-24)18-6-5-15(17)12-19(18)25/h5-6,11-12,20,27H,7-10H2,1-4H3. The number of carbonyl (C=O) groups excluding carboxylic acids is 2. The molecule has 1 fully saturated rings. The van der Waals surface area contributed by atoms with Gasteiger partial charge < -0.3 is 10.1 Å². The summed E-state index contributed by atoms with van der Waals surface area (Å²) in [5, 5.41) is 13.6. The zero-order valence-electron chi connectivity index (χ0n) is 18.2. The molecule has 1 atom stereocenters. The van der Waals surface area contributed by atoms with E-state index in [1.165, 1.54) is 0 Å². The van der Waals surface area contributed by atoms with Gasteiger partial charge in [0, 0.05) is 22.8 Å². The van der Waals surface area contributed by atoms with Crippen LogP contribution in [0.15, 0.2) is 35.5 Å². The Hall–Kier alpha value is -2.78. The van der Waals surface area contributed by atoms with Crippen LogP contribution in [0, 0.1) is 11.3 Å². The van der Waals surface area contributed by atoms with Crippen molar-refractivity contribution in [1.82, 2.24) is 10.2 Å². The van der Waals surface area contributed by atoms with Gasteiger partial charge in [0.25, 0.3) is 5.91 Å². The number of amides is 2. The summed E-state index contributed by atoms with van der Waals surface area (Å²) < 4.78 is 5.53. The first-order chi connectivity index (χ1) is 14.5. The molecule has 6 nitrogen and oxygen atoms in total. The fraction of sp³-hybridized carbons (Fsp3) is 0.458. The maximum Gasteiger partial charge on any atom is 0.417 e. The average Bonchev–Trinajstić information content (AvgIpc) is 3.46. The lowest BCUT2D eigenvalue weighted by atomic mass is 9.89. The molecule has 0 radical (unpaired) electrons. The molecule has 7 rings (SSSR count). The van der Waals surface area contributed by atoms with E-state index in [2.05, 4.69) is 11.4 Å². The van der Waals surface area contributed by atoms with Gasteiger partial charge in [0.2, 0.25) is 0 Å². The number of rotatable bonds is 0. The van der Waals surface area contributed by atoms with Crippen molar-refractivity contribution in [2.24, 2.45) is 0 Å². The third-order valence-corrected chi connectivity index (χ3v) is 6.46. The van der Waals surface area contributed by atoms with Crippen molar-refractivity contribution in [2.75, 3.05) is 6.54 Å². The van der Waals surface area contributed by atoms with Crippen LogP contribution in [0.5, 0.6) is 0 Å². The minimum Gasteiger partial charge on any atom is -0.443 e. The van der Waals surface area contributed by atoms with Gasteiger partial charge in [-0.1, -0.05) is 23.7 Å². The normalized spacial score (nSPS) is 22.2. The Bertz CT molecular complexity index is 1070. The van der Waals surface area contributed by atoms with Crippen molar-refractivity contribution < 1.29 is 14.3 Å². The summed E-state index contributed by atoms with van der Waals surface area (Å²) in [6, 6.07) is 7.16. The van der Waals surface area contributed by atoms with Gasteiger partial charge in [0.15, 0.2) is 0 Å². The SMILES string of the molecule is CC1=C2C=C(C#N)C(N1)C(=O)N(C(=O)OC(C)(C)C)CCC1(CC1)c1ccc2cc1Cl. The molecule has 2 amide bonds. The largest absolute Gasteiger partial charge is 0.443 e. The molecule has 0 aromatic heterocycles. The Morgan fingerprint density at radius 1 is 1.32 bits per heavy atom. The minimum absolute atomic E-state index is 0.147. The molecule has 1 spiro atoms. The van der Waals surface area contributed by atoms with Crippen LogP contribution in [0.1, 0.15) is 58.1 Å². The summed E-state index contributed by atoms with van der Waals surface area (Å²) in [5.74, 6) is -0.482. The molecule has 0 saturated heterocycles. The number of hydrogen-bond donors (Lipinski definition) is 1. The maximum atomic E-state index is 13.5. The molecular formula is C24H26ClN3O3. The molecule has 4 bridgehead atoms. The van der Waals surface area contributed by atoms with Crippen molar-refractivity contribution >= 4 is 29.2 Å². The van der Waals surface area contributed by atoms with Crippen molar-refractivity contribution in [3.05, 3.63) is 51.7 Å². The van der Waals surface area contributed by atoms with Crippen LogP contribution in [-0.2, 0) is 14.9 Å². The second kappa shape index (κ2) is 7.42. The Kier molecular flexibility index (Phi) is 5.13. The second-order valence-corrected chi connectivity index (χ2v) is 9.93. The number of nitriles is 1. The number of dihydropyridines is 1. The topological polar surface area (TPSA) is 82.4 Å². The fourth-order valence-corrected chi connectivity index (χ4v) is 4.70. The molecule has 162 valence electrons. The third-order valence-electron chi connectivity index (χ3n) is 6.15. The molecule has 5 aliphatic heterocycles. The van der Waals surface area contributed by atoms with E-state index >= 15 is 0 Å². The van der Waals surface area contributed by atoms with Crippen LogP contribution in [-0.4, -0.2) is 35.1 Å². The molecule has 7 heteroatoms. The van der Waals surface area contributed by atoms with Crippen LogP contribution >= 0.6 is 11.6 Å². The number of nitrogens with zero attached hydrogens (tertiary/aromatic N) is 2. The molecule has 31 heavy (non-hydrogen) atoms. The van der Waals surface area contributed by atoms with E-state index in [0.29, 0.717) is 11.4 Å². The van der Waals surface area contributed by atoms with E-state index < -0.39 is 23.6 Å². The number of nitrogens with one attached hydrogen (secondary N) is 1. The highest BCUT2D eigenvalue weighted by molar-refractivity contribution is 6.31. The van der Waals surface area contributed by atoms with E-state index in [-0.39, 0.29) is 17.5 Å². The van der Waals surface area contributed by atoms with Gasteiger partial charge in [-0.3, -0.25) is 4.79 Å². The van der Waals surface area contributed by atoms with Crippen molar-refractivity contribution in [3.63, 3.8) is 0 Å². The lowest BCUT2D eigenvalue weighted by Crippen LogP contribution is -2.52. The van der Waals surface area contributed by atoms with Gasteiger partial charge in [0.05, 0.1) is 11.6 Å². The highest BCUT2D eigenvalue weighted by atomic mass is 35.5. The van der Waals surface area contributed by atoms with Crippen LogP contribution < -0.4 is 5.32 Å². The number of allylic oxidation sites excluding steroid dienone is 3. The van der Waals surface area contributed by atoms with E-state index in [4.69, 9.17) is 16.3 Å². The molecule has 5 heterocycles. The Balaban J connectivity index is 1.83. The number of halogens is 1. The van der Waals surface area contributed by atoms with E-state index in [1.807, 2.05) is 25.1 Å². The Morgan fingerprint density at radius 2 is 2.03 bits per heavy atom. The molecule has 1 saturated carbocycles. The minimum atomic E-state index is -0.939. The first-order valence-corrected chi connectivity index (χ1v) is 10.9. The quantitative estimate of drug-likeness (QED) is 0.634. The zero-order chi connectivity index (χ0) is 22.6. The smallest absolute Gasteiger partial charge is 0.417 e. The van der Waals surface area contributed by atoms with Gasteiger partial charge in [-0.2, -0.15) is 5.26 Å². The number of hydrogen-bond acceptors (Lipinski definition) is 5. The Morgan fingerprint density at radius 3 is 2.61 bits per heavy atom. The first-order valence-electron chi connectivity index (χ1n) is 10.5. The highest BCUT2D eigenvalue weighted by Gasteiger charge is 2.47. The summed E-state index contributed by atoms with van der Waals surface area (Å²) >= 11 is 6.69. The summed E-state index contributed by atoms with van der Waals surface area (Å²) in [6.07, 6.45) is 3.50. The number of imide groups is 1. The molecule has 1 N–H and O–H groups in total. The highest BCUT2D eigenvalue weighted by Crippen LogP contribution is 2.53. The van der Waals surface area contributed by atoms with Crippen molar-refractivity contribution in [3.8, 4) is 6.07 Å². The van der Waals surface area contributed by atoms with Gasteiger partial charge in [-0.25, -0.2) is 9.69 Å². The van der Waals surface area contributed by atoms with Gasteiger partial charge in [-0.05, 0) is 75.6 Å². The van der Waals surface area contributed by atoms with Crippen LogP contribution in [0.3, 0.4) is 0 Å². The summed E-state index contributed by atoms with van der Waals surface area (Å²) in [7, 11) is 0. The molecule has 1 aromatic rings. The first kappa shape index (κ1) is 21.5. The molecule has 1 unspecified atom stereocenters. The molecular weight excluding hydrogens is 414 g/mol. The number of benzene rings is 1. The van der Waals surface area contributed by atoms with Gasteiger partial charge in [-0.15, -0.1) is 0 Å².